The first-order chi connectivity index (χ1) is 7.28. The van der Waals surface area contributed by atoms with Gasteiger partial charge in [0.2, 0.25) is 0 Å². The SMILES string of the molecule is CCc1nnc(Sc2cnc(Br)cn2)s1. The standard InChI is InChI=1S/C8H7BrN4S2/c1-2-6-12-13-8(14-6)15-7-4-10-5(9)3-11-7/h3-4H,2H2,1H3. The van der Waals surface area contributed by atoms with Gasteiger partial charge in [0.1, 0.15) is 14.6 Å². The van der Waals surface area contributed by atoms with Crippen LogP contribution in [0.25, 0.3) is 0 Å². The van der Waals surface area contributed by atoms with Gasteiger partial charge in [0.05, 0.1) is 12.4 Å². The molecule has 0 bridgehead atoms. The van der Waals surface area contributed by atoms with Gasteiger partial charge in [-0.2, -0.15) is 0 Å². The van der Waals surface area contributed by atoms with Crippen LogP contribution in [0.3, 0.4) is 0 Å². The number of hydrogen-bond donors (Lipinski definition) is 0. The largest absolute Gasteiger partial charge is 0.245 e. The Labute approximate surface area is 104 Å². The van der Waals surface area contributed by atoms with E-state index in [1.54, 1.807) is 23.7 Å². The molecule has 0 unspecified atom stereocenters. The molecule has 0 fully saturated rings. The van der Waals surface area contributed by atoms with Gasteiger partial charge in [-0.3, -0.25) is 0 Å². The summed E-state index contributed by atoms with van der Waals surface area (Å²) in [4.78, 5) is 8.29. The van der Waals surface area contributed by atoms with Crippen molar-refractivity contribution in [1.29, 1.82) is 0 Å². The first-order valence-electron chi connectivity index (χ1n) is 4.25. The summed E-state index contributed by atoms with van der Waals surface area (Å²) in [7, 11) is 0. The van der Waals surface area contributed by atoms with Gasteiger partial charge in [-0.15, -0.1) is 10.2 Å². The van der Waals surface area contributed by atoms with Crippen molar-refractivity contribution < 1.29 is 0 Å². The second kappa shape index (κ2) is 5.00. The Bertz CT molecular complexity index is 442. The Morgan fingerprint density at radius 3 is 2.80 bits per heavy atom. The average molecular weight is 303 g/mol. The molecule has 0 spiro atoms. The monoisotopic (exact) mass is 302 g/mol. The number of aromatic nitrogens is 4. The van der Waals surface area contributed by atoms with Gasteiger partial charge in [0, 0.05) is 0 Å². The van der Waals surface area contributed by atoms with Crippen LogP contribution in [0.5, 0.6) is 0 Å². The van der Waals surface area contributed by atoms with Crippen LogP contribution < -0.4 is 0 Å². The Kier molecular flexibility index (Phi) is 3.66. The fraction of sp³-hybridized carbons (Fsp3) is 0.250. The van der Waals surface area contributed by atoms with E-state index >= 15 is 0 Å². The molecule has 2 rings (SSSR count). The summed E-state index contributed by atoms with van der Waals surface area (Å²) in [6, 6.07) is 0. The van der Waals surface area contributed by atoms with Crippen LogP contribution in [-0.2, 0) is 6.42 Å². The molecule has 0 radical (unpaired) electrons. The van der Waals surface area contributed by atoms with E-state index < -0.39 is 0 Å². The fourth-order valence-electron chi connectivity index (χ4n) is 0.865. The molecule has 2 aromatic rings. The molecule has 0 amide bonds. The lowest BCUT2D eigenvalue weighted by Crippen LogP contribution is -1.82. The zero-order chi connectivity index (χ0) is 10.7. The van der Waals surface area contributed by atoms with Crippen LogP contribution in [0.15, 0.2) is 26.4 Å². The summed E-state index contributed by atoms with van der Waals surface area (Å²) in [6.45, 7) is 2.06. The van der Waals surface area contributed by atoms with Crippen LogP contribution in [-0.4, -0.2) is 20.2 Å². The lowest BCUT2D eigenvalue weighted by atomic mass is 10.5. The molecule has 0 aliphatic carbocycles. The maximum absolute atomic E-state index is 4.20. The van der Waals surface area contributed by atoms with E-state index in [0.29, 0.717) is 0 Å². The van der Waals surface area contributed by atoms with Crippen molar-refractivity contribution in [1.82, 2.24) is 20.2 Å². The molecule has 0 saturated carbocycles. The van der Waals surface area contributed by atoms with Crippen molar-refractivity contribution in [2.24, 2.45) is 0 Å². The fourth-order valence-corrected chi connectivity index (χ4v) is 2.76. The predicted molar refractivity (Wildman–Crippen MR) is 63.1 cm³/mol. The summed E-state index contributed by atoms with van der Waals surface area (Å²) in [5, 5.41) is 9.97. The smallest absolute Gasteiger partial charge is 0.180 e. The van der Waals surface area contributed by atoms with Crippen molar-refractivity contribution in [2.75, 3.05) is 0 Å². The minimum absolute atomic E-state index is 0.735. The van der Waals surface area contributed by atoms with Gasteiger partial charge in [0.25, 0.3) is 0 Å². The van der Waals surface area contributed by atoms with Gasteiger partial charge in [0.15, 0.2) is 4.34 Å². The van der Waals surface area contributed by atoms with Crippen molar-refractivity contribution in [3.05, 3.63) is 22.0 Å². The Morgan fingerprint density at radius 1 is 1.33 bits per heavy atom. The number of hydrogen-bond acceptors (Lipinski definition) is 6. The summed E-state index contributed by atoms with van der Waals surface area (Å²) >= 11 is 6.31. The number of aryl methyl sites for hydroxylation is 1. The van der Waals surface area contributed by atoms with Gasteiger partial charge >= 0.3 is 0 Å². The van der Waals surface area contributed by atoms with Crippen molar-refractivity contribution in [3.63, 3.8) is 0 Å². The van der Waals surface area contributed by atoms with Gasteiger partial charge in [-0.05, 0) is 34.1 Å². The lowest BCUT2D eigenvalue weighted by Gasteiger charge is -1.94. The first kappa shape index (κ1) is 11.0. The molecule has 0 atom stereocenters. The zero-order valence-corrected chi connectivity index (χ0v) is 11.1. The van der Waals surface area contributed by atoms with Crippen molar-refractivity contribution >= 4 is 39.0 Å². The highest BCUT2D eigenvalue weighted by Gasteiger charge is 2.05. The maximum atomic E-state index is 4.20. The van der Waals surface area contributed by atoms with Gasteiger partial charge in [-0.25, -0.2) is 9.97 Å². The number of nitrogens with zero attached hydrogens (tertiary/aromatic N) is 4. The third kappa shape index (κ3) is 2.96. The molecule has 0 N–H and O–H groups in total. The van der Waals surface area contributed by atoms with Crippen molar-refractivity contribution in [2.45, 2.75) is 22.7 Å². The van der Waals surface area contributed by atoms with Crippen LogP contribution >= 0.6 is 39.0 Å². The quantitative estimate of drug-likeness (QED) is 0.872. The van der Waals surface area contributed by atoms with Gasteiger partial charge < -0.3 is 0 Å². The molecule has 0 aromatic carbocycles. The van der Waals surface area contributed by atoms with E-state index in [9.17, 15) is 0 Å². The van der Waals surface area contributed by atoms with Crippen LogP contribution in [0.2, 0.25) is 0 Å². The second-order valence-electron chi connectivity index (χ2n) is 2.59. The molecule has 78 valence electrons. The molecule has 7 heteroatoms. The molecule has 2 heterocycles. The second-order valence-corrected chi connectivity index (χ2v) is 5.74. The molecular formula is C8H7BrN4S2. The van der Waals surface area contributed by atoms with Crippen LogP contribution in [0, 0.1) is 0 Å². The first-order valence-corrected chi connectivity index (χ1v) is 6.68. The van der Waals surface area contributed by atoms with E-state index in [1.165, 1.54) is 11.8 Å². The number of rotatable bonds is 3. The van der Waals surface area contributed by atoms with E-state index in [1.807, 2.05) is 0 Å². The minimum Gasteiger partial charge on any atom is -0.245 e. The summed E-state index contributed by atoms with van der Waals surface area (Å²) in [5.74, 6) is 0. The Balaban J connectivity index is 2.11. The molecule has 4 nitrogen and oxygen atoms in total. The highest BCUT2D eigenvalue weighted by molar-refractivity contribution is 9.10. The Morgan fingerprint density at radius 2 is 2.20 bits per heavy atom. The van der Waals surface area contributed by atoms with Gasteiger partial charge in [-0.1, -0.05) is 18.3 Å². The van der Waals surface area contributed by atoms with Crippen LogP contribution in [0.4, 0.5) is 0 Å². The van der Waals surface area contributed by atoms with Crippen LogP contribution in [0.1, 0.15) is 11.9 Å². The third-order valence-electron chi connectivity index (χ3n) is 1.54. The summed E-state index contributed by atoms with van der Waals surface area (Å²) in [6.07, 6.45) is 4.30. The van der Waals surface area contributed by atoms with E-state index in [2.05, 4.69) is 43.0 Å². The summed E-state index contributed by atoms with van der Waals surface area (Å²) < 4.78 is 1.64. The summed E-state index contributed by atoms with van der Waals surface area (Å²) in [5.41, 5.74) is 0. The van der Waals surface area contributed by atoms with Crippen molar-refractivity contribution in [3.8, 4) is 0 Å². The Hall–Kier alpha value is -0.530. The lowest BCUT2D eigenvalue weighted by molar-refractivity contribution is 0.940. The third-order valence-corrected chi connectivity index (χ3v) is 3.99. The number of halogens is 1. The highest BCUT2D eigenvalue weighted by atomic mass is 79.9. The minimum atomic E-state index is 0.735. The molecule has 2 aromatic heterocycles. The predicted octanol–water partition coefficient (Wildman–Crippen LogP) is 2.80. The maximum Gasteiger partial charge on any atom is 0.180 e. The molecular weight excluding hydrogens is 296 g/mol. The zero-order valence-electron chi connectivity index (χ0n) is 7.85. The molecule has 0 aliphatic heterocycles. The molecule has 0 saturated heterocycles. The van der Waals surface area contributed by atoms with E-state index in [4.69, 9.17) is 0 Å². The normalized spacial score (nSPS) is 10.5. The topological polar surface area (TPSA) is 51.6 Å². The highest BCUT2D eigenvalue weighted by Crippen LogP contribution is 2.28. The van der Waals surface area contributed by atoms with E-state index in [0.717, 1.165) is 25.4 Å². The van der Waals surface area contributed by atoms with E-state index in [-0.39, 0.29) is 0 Å². The molecule has 15 heavy (non-hydrogen) atoms. The average Bonchev–Trinajstić information content (AvgIpc) is 2.69. The molecule has 0 aliphatic rings.